The molecule has 0 saturated heterocycles. The van der Waals surface area contributed by atoms with Crippen molar-refractivity contribution in [2.24, 2.45) is 0 Å². The quantitative estimate of drug-likeness (QED) is 0.810. The highest BCUT2D eigenvalue weighted by Gasteiger charge is 2.18. The zero-order valence-electron chi connectivity index (χ0n) is 12.9. The van der Waals surface area contributed by atoms with Crippen LogP contribution in [0.2, 0.25) is 0 Å². The molecule has 1 atom stereocenters. The summed E-state index contributed by atoms with van der Waals surface area (Å²) >= 11 is 0. The van der Waals surface area contributed by atoms with Gasteiger partial charge in [0, 0.05) is 11.7 Å². The maximum absolute atomic E-state index is 11.7. The van der Waals surface area contributed by atoms with E-state index in [0.717, 1.165) is 30.5 Å². The number of carbonyl (C=O) groups is 1. The summed E-state index contributed by atoms with van der Waals surface area (Å²) in [6.45, 7) is 7.63. The maximum Gasteiger partial charge on any atom is 0.407 e. The number of amides is 1. The van der Waals surface area contributed by atoms with Crippen molar-refractivity contribution in [3.63, 3.8) is 0 Å². The minimum Gasteiger partial charge on any atom is -0.444 e. The largest absolute Gasteiger partial charge is 0.444 e. The Morgan fingerprint density at radius 1 is 1.35 bits per heavy atom. The van der Waals surface area contributed by atoms with E-state index in [0.29, 0.717) is 0 Å². The summed E-state index contributed by atoms with van der Waals surface area (Å²) in [6.07, 6.45) is 2.21. The fourth-order valence-corrected chi connectivity index (χ4v) is 1.94. The lowest BCUT2D eigenvalue weighted by atomic mass is 10.0. The predicted molar refractivity (Wildman–Crippen MR) is 82.6 cm³/mol. The van der Waals surface area contributed by atoms with Gasteiger partial charge in [0.15, 0.2) is 0 Å². The Labute approximate surface area is 121 Å². The molecule has 0 unspecified atom stereocenters. The van der Waals surface area contributed by atoms with Crippen LogP contribution in [0, 0.1) is 0 Å². The third-order valence-corrected chi connectivity index (χ3v) is 3.03. The zero-order valence-corrected chi connectivity index (χ0v) is 12.9. The molecule has 0 aliphatic rings. The molecule has 0 fully saturated rings. The summed E-state index contributed by atoms with van der Waals surface area (Å²) in [4.78, 5) is 11.7. The monoisotopic (exact) mass is 278 g/mol. The van der Waals surface area contributed by atoms with Gasteiger partial charge in [-0.3, -0.25) is 0 Å². The fraction of sp³-hybridized carbons (Fsp3) is 0.562. The molecule has 4 nitrogen and oxygen atoms in total. The van der Waals surface area contributed by atoms with Gasteiger partial charge in [0.2, 0.25) is 0 Å². The highest BCUT2D eigenvalue weighted by atomic mass is 16.6. The van der Waals surface area contributed by atoms with E-state index in [1.54, 1.807) is 0 Å². The molecule has 1 aromatic rings. The number of hydrogen-bond donors (Lipinski definition) is 2. The highest BCUT2D eigenvalue weighted by Crippen LogP contribution is 2.15. The van der Waals surface area contributed by atoms with E-state index < -0.39 is 5.60 Å². The van der Waals surface area contributed by atoms with Crippen LogP contribution in [0.1, 0.15) is 46.1 Å². The second kappa shape index (κ2) is 7.17. The molecule has 0 aromatic heterocycles. The van der Waals surface area contributed by atoms with E-state index in [1.165, 1.54) is 0 Å². The lowest BCUT2D eigenvalue weighted by Crippen LogP contribution is -2.39. The van der Waals surface area contributed by atoms with Gasteiger partial charge in [-0.05, 0) is 51.7 Å². The molecular formula is C16H26N2O2. The molecule has 112 valence electrons. The average Bonchev–Trinajstić information content (AvgIpc) is 2.34. The van der Waals surface area contributed by atoms with E-state index in [2.05, 4.69) is 12.2 Å². The first-order chi connectivity index (χ1) is 9.31. The van der Waals surface area contributed by atoms with Crippen LogP contribution in [0.5, 0.6) is 0 Å². The number of carbonyl (C=O) groups excluding carboxylic acids is 1. The molecule has 0 aliphatic carbocycles. The summed E-state index contributed by atoms with van der Waals surface area (Å²) in [7, 11) is 0. The average molecular weight is 278 g/mol. The van der Waals surface area contributed by atoms with Crippen molar-refractivity contribution < 1.29 is 9.53 Å². The SMILES string of the molecule is CC[C@H](CCc1ccccc1N)NC(=O)OC(C)(C)C. The molecule has 20 heavy (non-hydrogen) atoms. The Bertz CT molecular complexity index is 438. The van der Waals surface area contributed by atoms with Crippen molar-refractivity contribution in [1.82, 2.24) is 5.32 Å². The van der Waals surface area contributed by atoms with Gasteiger partial charge in [-0.25, -0.2) is 4.79 Å². The molecule has 1 amide bonds. The van der Waals surface area contributed by atoms with Crippen LogP contribution < -0.4 is 11.1 Å². The molecule has 0 aliphatic heterocycles. The first kappa shape index (κ1) is 16.3. The third kappa shape index (κ3) is 5.95. The Balaban J connectivity index is 2.48. The first-order valence-electron chi connectivity index (χ1n) is 7.14. The molecule has 1 aromatic carbocycles. The van der Waals surface area contributed by atoms with E-state index >= 15 is 0 Å². The van der Waals surface area contributed by atoms with Crippen molar-refractivity contribution in [2.75, 3.05) is 5.73 Å². The van der Waals surface area contributed by atoms with E-state index in [9.17, 15) is 4.79 Å². The summed E-state index contributed by atoms with van der Waals surface area (Å²) < 4.78 is 5.27. The minimum atomic E-state index is -0.466. The van der Waals surface area contributed by atoms with Crippen molar-refractivity contribution in [2.45, 2.75) is 58.6 Å². The number of hydrogen-bond acceptors (Lipinski definition) is 3. The lowest BCUT2D eigenvalue weighted by Gasteiger charge is -2.23. The van der Waals surface area contributed by atoms with Gasteiger partial charge in [0.1, 0.15) is 5.60 Å². The summed E-state index contributed by atoms with van der Waals surface area (Å²) in [5, 5.41) is 2.91. The predicted octanol–water partition coefficient (Wildman–Crippen LogP) is 3.50. The Morgan fingerprint density at radius 3 is 2.55 bits per heavy atom. The van der Waals surface area contributed by atoms with Crippen LogP contribution in [0.25, 0.3) is 0 Å². The van der Waals surface area contributed by atoms with Crippen LogP contribution in [-0.4, -0.2) is 17.7 Å². The Kier molecular flexibility index (Phi) is 5.86. The second-order valence-corrected chi connectivity index (χ2v) is 5.99. The van der Waals surface area contributed by atoms with Gasteiger partial charge in [0.05, 0.1) is 0 Å². The molecule has 0 saturated carbocycles. The van der Waals surface area contributed by atoms with Crippen molar-refractivity contribution in [1.29, 1.82) is 0 Å². The van der Waals surface area contributed by atoms with Crippen molar-refractivity contribution in [3.05, 3.63) is 29.8 Å². The summed E-state index contributed by atoms with van der Waals surface area (Å²) in [5.41, 5.74) is 7.38. The summed E-state index contributed by atoms with van der Waals surface area (Å²) in [5.74, 6) is 0. The maximum atomic E-state index is 11.7. The number of benzene rings is 1. The van der Waals surface area contributed by atoms with Gasteiger partial charge in [-0.15, -0.1) is 0 Å². The lowest BCUT2D eigenvalue weighted by molar-refractivity contribution is 0.0500. The number of nitrogens with one attached hydrogen (secondary N) is 1. The summed E-state index contributed by atoms with van der Waals surface area (Å²) in [6, 6.07) is 7.93. The van der Waals surface area contributed by atoms with Crippen LogP contribution in [-0.2, 0) is 11.2 Å². The molecule has 0 spiro atoms. The van der Waals surface area contributed by atoms with E-state index in [1.807, 2.05) is 45.0 Å². The van der Waals surface area contributed by atoms with Crippen molar-refractivity contribution >= 4 is 11.8 Å². The van der Waals surface area contributed by atoms with Crippen LogP contribution in [0.4, 0.5) is 10.5 Å². The van der Waals surface area contributed by atoms with Gasteiger partial charge in [-0.1, -0.05) is 25.1 Å². The number of alkyl carbamates (subject to hydrolysis) is 1. The van der Waals surface area contributed by atoms with E-state index in [4.69, 9.17) is 10.5 Å². The Hall–Kier alpha value is -1.71. The smallest absolute Gasteiger partial charge is 0.407 e. The number of ether oxygens (including phenoxy) is 1. The fourth-order valence-electron chi connectivity index (χ4n) is 1.94. The molecule has 0 heterocycles. The van der Waals surface area contributed by atoms with Gasteiger partial charge in [-0.2, -0.15) is 0 Å². The number of nitrogen functional groups attached to an aromatic ring is 1. The Morgan fingerprint density at radius 2 is 2.00 bits per heavy atom. The van der Waals surface area contributed by atoms with Gasteiger partial charge >= 0.3 is 6.09 Å². The standard InChI is InChI=1S/C16H26N2O2/c1-5-13(18-15(19)20-16(2,3)4)11-10-12-8-6-7-9-14(12)17/h6-9,13H,5,10-11,17H2,1-4H3,(H,18,19)/t13-/m1/s1. The second-order valence-electron chi connectivity index (χ2n) is 5.99. The molecular weight excluding hydrogens is 252 g/mol. The molecule has 0 radical (unpaired) electrons. The van der Waals surface area contributed by atoms with Gasteiger partial charge < -0.3 is 15.8 Å². The number of nitrogens with two attached hydrogens (primary N) is 1. The normalized spacial score (nSPS) is 12.8. The minimum absolute atomic E-state index is 0.101. The topological polar surface area (TPSA) is 64.3 Å². The molecule has 1 rings (SSSR count). The van der Waals surface area contributed by atoms with Crippen molar-refractivity contribution in [3.8, 4) is 0 Å². The van der Waals surface area contributed by atoms with Crippen LogP contribution >= 0.6 is 0 Å². The molecule has 0 bridgehead atoms. The number of anilines is 1. The van der Waals surface area contributed by atoms with Crippen LogP contribution in [0.15, 0.2) is 24.3 Å². The third-order valence-electron chi connectivity index (χ3n) is 3.03. The number of rotatable bonds is 5. The number of aryl methyl sites for hydroxylation is 1. The number of para-hydroxylation sites is 1. The highest BCUT2D eigenvalue weighted by molar-refractivity contribution is 5.68. The first-order valence-corrected chi connectivity index (χ1v) is 7.14. The van der Waals surface area contributed by atoms with Gasteiger partial charge in [0.25, 0.3) is 0 Å². The zero-order chi connectivity index (χ0) is 15.2. The molecule has 4 heteroatoms. The molecule has 3 N–H and O–H groups in total. The van der Waals surface area contributed by atoms with E-state index in [-0.39, 0.29) is 12.1 Å². The van der Waals surface area contributed by atoms with Crippen LogP contribution in [0.3, 0.4) is 0 Å².